The molecule has 5 nitrogen and oxygen atoms in total. The number of rotatable bonds is 1. The highest BCUT2D eigenvalue weighted by Gasteiger charge is 2.11. The first-order valence-corrected chi connectivity index (χ1v) is 4.95. The summed E-state index contributed by atoms with van der Waals surface area (Å²) in [6.07, 6.45) is 0. The second-order valence-corrected chi connectivity index (χ2v) is 3.78. The zero-order valence-corrected chi connectivity index (χ0v) is 9.46. The molecule has 0 bridgehead atoms. The zero-order chi connectivity index (χ0) is 11.0. The van der Waals surface area contributed by atoms with Gasteiger partial charge in [0.2, 0.25) is 5.95 Å². The number of ether oxygens (including phenoxy) is 1. The van der Waals surface area contributed by atoms with E-state index in [1.54, 1.807) is 12.1 Å². The summed E-state index contributed by atoms with van der Waals surface area (Å²) in [4.78, 5) is 18.1. The number of aromatic nitrogens is 2. The number of fused-ring (bicyclic) bond motifs is 1. The van der Waals surface area contributed by atoms with E-state index in [4.69, 9.17) is 10.5 Å². The highest BCUT2D eigenvalue weighted by molar-refractivity contribution is 9.10. The predicted octanol–water partition coefficient (Wildman–Crippen LogP) is 1.28. The van der Waals surface area contributed by atoms with E-state index in [9.17, 15) is 4.79 Å². The lowest BCUT2D eigenvalue weighted by atomic mass is 10.2. The van der Waals surface area contributed by atoms with Gasteiger partial charge in [0.05, 0.1) is 17.1 Å². The first-order chi connectivity index (χ1) is 7.13. The molecule has 0 saturated carbocycles. The maximum absolute atomic E-state index is 11.7. The average molecular weight is 270 g/mol. The predicted molar refractivity (Wildman–Crippen MR) is 61.0 cm³/mol. The molecule has 0 unspecified atom stereocenters. The van der Waals surface area contributed by atoms with E-state index in [-0.39, 0.29) is 11.5 Å². The highest BCUT2D eigenvalue weighted by Crippen LogP contribution is 2.30. The summed E-state index contributed by atoms with van der Waals surface area (Å²) in [7, 11) is 1.50. The number of methoxy groups -OCH3 is 1. The Morgan fingerprint density at radius 3 is 2.93 bits per heavy atom. The zero-order valence-electron chi connectivity index (χ0n) is 7.87. The molecule has 0 saturated heterocycles. The van der Waals surface area contributed by atoms with Crippen LogP contribution in [0, 0.1) is 0 Å². The summed E-state index contributed by atoms with van der Waals surface area (Å²) in [5, 5.41) is 0.390. The van der Waals surface area contributed by atoms with E-state index in [1.165, 1.54) is 7.11 Å². The van der Waals surface area contributed by atoms with Crippen molar-refractivity contribution in [3.63, 3.8) is 0 Å². The molecule has 78 valence electrons. The summed E-state index contributed by atoms with van der Waals surface area (Å²) >= 11 is 3.29. The Hall–Kier alpha value is -1.56. The molecule has 0 aliphatic heterocycles. The molecule has 1 aromatic carbocycles. The minimum absolute atomic E-state index is 0.0943. The number of anilines is 1. The van der Waals surface area contributed by atoms with Crippen LogP contribution in [0.5, 0.6) is 5.75 Å². The number of nitrogens with two attached hydrogens (primary N) is 1. The number of hydrogen-bond donors (Lipinski definition) is 2. The minimum atomic E-state index is -0.310. The van der Waals surface area contributed by atoms with Gasteiger partial charge in [-0.15, -0.1) is 0 Å². The molecule has 6 heteroatoms. The van der Waals surface area contributed by atoms with Crippen LogP contribution in [-0.2, 0) is 0 Å². The van der Waals surface area contributed by atoms with E-state index >= 15 is 0 Å². The van der Waals surface area contributed by atoms with Crippen molar-refractivity contribution in [2.45, 2.75) is 0 Å². The van der Waals surface area contributed by atoms with Gasteiger partial charge in [0.15, 0.2) is 0 Å². The molecule has 0 radical (unpaired) electrons. The summed E-state index contributed by atoms with van der Waals surface area (Å²) in [5.74, 6) is 0.554. The molecule has 3 N–H and O–H groups in total. The van der Waals surface area contributed by atoms with Crippen molar-refractivity contribution >= 4 is 32.8 Å². The van der Waals surface area contributed by atoms with Crippen LogP contribution >= 0.6 is 15.9 Å². The molecule has 0 amide bonds. The van der Waals surface area contributed by atoms with Gasteiger partial charge >= 0.3 is 0 Å². The highest BCUT2D eigenvalue weighted by atomic mass is 79.9. The fourth-order valence-electron chi connectivity index (χ4n) is 1.40. The third-order valence-electron chi connectivity index (χ3n) is 2.00. The molecule has 0 aliphatic carbocycles. The van der Waals surface area contributed by atoms with Gasteiger partial charge in [-0.2, -0.15) is 0 Å². The number of nitrogen functional groups attached to an aromatic ring is 1. The van der Waals surface area contributed by atoms with E-state index < -0.39 is 0 Å². The molecule has 0 aliphatic rings. The van der Waals surface area contributed by atoms with Gasteiger partial charge in [-0.25, -0.2) is 4.98 Å². The summed E-state index contributed by atoms with van der Waals surface area (Å²) in [5.41, 5.74) is 5.64. The topological polar surface area (TPSA) is 81.0 Å². The van der Waals surface area contributed by atoms with Crippen molar-refractivity contribution in [2.24, 2.45) is 0 Å². The first-order valence-electron chi connectivity index (χ1n) is 4.15. The van der Waals surface area contributed by atoms with Crippen molar-refractivity contribution < 1.29 is 4.74 Å². The van der Waals surface area contributed by atoms with Crippen LogP contribution in [0.1, 0.15) is 0 Å². The van der Waals surface area contributed by atoms with Gasteiger partial charge in [-0.05, 0) is 28.1 Å². The molecule has 2 aromatic rings. The van der Waals surface area contributed by atoms with Crippen LogP contribution in [0.25, 0.3) is 10.9 Å². The van der Waals surface area contributed by atoms with Gasteiger partial charge in [-0.1, -0.05) is 0 Å². The molecular weight excluding hydrogens is 262 g/mol. The summed E-state index contributed by atoms with van der Waals surface area (Å²) < 4.78 is 5.83. The van der Waals surface area contributed by atoms with Crippen LogP contribution < -0.4 is 16.0 Å². The van der Waals surface area contributed by atoms with Crippen LogP contribution in [0.3, 0.4) is 0 Å². The number of nitrogens with one attached hydrogen (secondary N) is 1. The second kappa shape index (κ2) is 3.54. The van der Waals surface area contributed by atoms with Crippen molar-refractivity contribution in [3.05, 3.63) is 27.0 Å². The second-order valence-electron chi connectivity index (χ2n) is 2.93. The minimum Gasteiger partial charge on any atom is -0.495 e. The lowest BCUT2D eigenvalue weighted by Crippen LogP contribution is -2.12. The summed E-state index contributed by atoms with van der Waals surface area (Å²) in [6, 6.07) is 3.46. The fourth-order valence-corrected chi connectivity index (χ4v) is 1.89. The van der Waals surface area contributed by atoms with Gasteiger partial charge in [0.1, 0.15) is 11.1 Å². The fraction of sp³-hybridized carbons (Fsp3) is 0.111. The van der Waals surface area contributed by atoms with Gasteiger partial charge in [0, 0.05) is 0 Å². The van der Waals surface area contributed by atoms with Crippen LogP contribution in [0.2, 0.25) is 0 Å². The van der Waals surface area contributed by atoms with Crippen LogP contribution in [0.15, 0.2) is 21.4 Å². The lowest BCUT2D eigenvalue weighted by Gasteiger charge is -2.06. The Bertz CT molecular complexity index is 579. The van der Waals surface area contributed by atoms with E-state index in [0.29, 0.717) is 21.1 Å². The Balaban J connectivity index is 2.98. The maximum Gasteiger partial charge on any atom is 0.263 e. The number of nitrogens with zero attached hydrogens (tertiary/aromatic N) is 1. The number of halogens is 1. The van der Waals surface area contributed by atoms with Gasteiger partial charge in [0.25, 0.3) is 5.56 Å². The van der Waals surface area contributed by atoms with Gasteiger partial charge < -0.3 is 10.5 Å². The number of H-pyrrole nitrogens is 1. The van der Waals surface area contributed by atoms with Gasteiger partial charge in [-0.3, -0.25) is 9.78 Å². The third-order valence-corrected chi connectivity index (χ3v) is 2.63. The first kappa shape index (κ1) is 9.97. The van der Waals surface area contributed by atoms with Crippen molar-refractivity contribution in [1.82, 2.24) is 9.97 Å². The Kier molecular flexibility index (Phi) is 2.36. The smallest absolute Gasteiger partial charge is 0.263 e. The van der Waals surface area contributed by atoms with Crippen molar-refractivity contribution in [2.75, 3.05) is 12.8 Å². The lowest BCUT2D eigenvalue weighted by molar-refractivity contribution is 0.417. The number of benzene rings is 1. The SMILES string of the molecule is COc1c(Br)ccc2nc(N)[nH]c(=O)c12. The molecular formula is C9H8BrN3O2. The number of aromatic amines is 1. The van der Waals surface area contributed by atoms with Crippen LogP contribution in [0.4, 0.5) is 5.95 Å². The summed E-state index contributed by atoms with van der Waals surface area (Å²) in [6.45, 7) is 0. The molecule has 15 heavy (non-hydrogen) atoms. The third kappa shape index (κ3) is 1.56. The van der Waals surface area contributed by atoms with E-state index in [0.717, 1.165) is 0 Å². The molecule has 1 heterocycles. The van der Waals surface area contributed by atoms with E-state index in [2.05, 4.69) is 25.9 Å². The molecule has 1 aromatic heterocycles. The monoisotopic (exact) mass is 269 g/mol. The normalized spacial score (nSPS) is 10.5. The van der Waals surface area contributed by atoms with Crippen molar-refractivity contribution in [1.29, 1.82) is 0 Å². The Morgan fingerprint density at radius 2 is 2.27 bits per heavy atom. The molecule has 0 spiro atoms. The average Bonchev–Trinajstić information content (AvgIpc) is 2.18. The maximum atomic E-state index is 11.7. The quantitative estimate of drug-likeness (QED) is 0.817. The van der Waals surface area contributed by atoms with Crippen molar-refractivity contribution in [3.8, 4) is 5.75 Å². The van der Waals surface area contributed by atoms with E-state index in [1.807, 2.05) is 0 Å². The molecule has 0 atom stereocenters. The largest absolute Gasteiger partial charge is 0.495 e. The molecule has 2 rings (SSSR count). The van der Waals surface area contributed by atoms with Crippen LogP contribution in [-0.4, -0.2) is 17.1 Å². The standard InChI is InChI=1S/C9H8BrN3O2/c1-15-7-4(10)2-3-5-6(7)8(14)13-9(11)12-5/h2-3H,1H3,(H3,11,12,13,14). The Labute approximate surface area is 93.4 Å². The molecule has 0 fully saturated rings. The Morgan fingerprint density at radius 1 is 1.53 bits per heavy atom. The number of hydrogen-bond acceptors (Lipinski definition) is 4.